The minimum absolute atomic E-state index is 0.380. The van der Waals surface area contributed by atoms with Crippen LogP contribution < -0.4 is 0 Å². The lowest BCUT2D eigenvalue weighted by molar-refractivity contribution is 0.173. The molecule has 1 unspecified atom stereocenters. The third-order valence-corrected chi connectivity index (χ3v) is 2.92. The first-order valence-electron chi connectivity index (χ1n) is 4.81. The molecule has 0 saturated carbocycles. The zero-order chi connectivity index (χ0) is 11.7. The average Bonchev–Trinajstić information content (AvgIpc) is 2.83. The predicted octanol–water partition coefficient (Wildman–Crippen LogP) is 0.776. The van der Waals surface area contributed by atoms with Crippen LogP contribution in [0.4, 0.5) is 0 Å². The number of nitrogens with zero attached hydrogens (tertiary/aromatic N) is 4. The van der Waals surface area contributed by atoms with Gasteiger partial charge in [-0.15, -0.1) is 0 Å². The van der Waals surface area contributed by atoms with Crippen molar-refractivity contribution in [1.82, 2.24) is 25.2 Å². The number of H-pyrrole nitrogens is 1. The van der Waals surface area contributed by atoms with Gasteiger partial charge in [0, 0.05) is 19.0 Å². The zero-order valence-corrected chi connectivity index (χ0v) is 9.73. The van der Waals surface area contributed by atoms with Crippen molar-refractivity contribution in [3.8, 4) is 0 Å². The highest BCUT2D eigenvalue weighted by Gasteiger charge is 2.18. The van der Waals surface area contributed by atoms with Gasteiger partial charge in [-0.3, -0.25) is 4.68 Å². The van der Waals surface area contributed by atoms with Crippen LogP contribution in [-0.4, -0.2) is 30.3 Å². The van der Waals surface area contributed by atoms with Crippen LogP contribution in [0.5, 0.6) is 0 Å². The minimum Gasteiger partial charge on any atom is -0.386 e. The van der Waals surface area contributed by atoms with E-state index in [0.717, 1.165) is 11.3 Å². The molecule has 1 atom stereocenters. The molecule has 0 spiro atoms. The Labute approximate surface area is 97.2 Å². The fraction of sp³-hybridized carbons (Fsp3) is 0.444. The molecule has 6 nitrogen and oxygen atoms in total. The summed E-state index contributed by atoms with van der Waals surface area (Å²) in [7, 11) is 1.77. The van der Waals surface area contributed by atoms with Crippen molar-refractivity contribution in [2.24, 2.45) is 7.05 Å². The van der Waals surface area contributed by atoms with Gasteiger partial charge in [0.05, 0.1) is 11.9 Å². The van der Waals surface area contributed by atoms with Crippen LogP contribution >= 0.6 is 11.6 Å². The molecule has 2 N–H and O–H groups in total. The number of aromatic nitrogens is 5. The van der Waals surface area contributed by atoms with Crippen LogP contribution in [0.1, 0.15) is 23.1 Å². The van der Waals surface area contributed by atoms with Gasteiger partial charge in [0.15, 0.2) is 0 Å². The monoisotopic (exact) mass is 241 g/mol. The molecule has 2 heterocycles. The highest BCUT2D eigenvalue weighted by atomic mass is 35.5. The third kappa shape index (κ3) is 1.94. The normalized spacial score (nSPS) is 13.0. The molecule has 0 aliphatic heterocycles. The summed E-state index contributed by atoms with van der Waals surface area (Å²) in [5.41, 5.74) is 2.15. The van der Waals surface area contributed by atoms with E-state index < -0.39 is 6.10 Å². The number of aliphatic hydroxyl groups is 1. The molecule has 0 aliphatic carbocycles. The zero-order valence-electron chi connectivity index (χ0n) is 8.98. The molecule has 0 bridgehead atoms. The van der Waals surface area contributed by atoms with Gasteiger partial charge in [0.2, 0.25) is 0 Å². The molecule has 2 aromatic heterocycles. The highest BCUT2D eigenvalue weighted by molar-refractivity contribution is 6.30. The molecule has 0 aliphatic rings. The summed E-state index contributed by atoms with van der Waals surface area (Å²) in [4.78, 5) is 0. The van der Waals surface area contributed by atoms with Crippen LogP contribution in [0.25, 0.3) is 0 Å². The Morgan fingerprint density at radius 3 is 2.88 bits per heavy atom. The summed E-state index contributed by atoms with van der Waals surface area (Å²) < 4.78 is 1.59. The topological polar surface area (TPSA) is 79.6 Å². The molecular formula is C9H12ClN5O. The Hall–Kier alpha value is -1.40. The Morgan fingerprint density at radius 1 is 1.62 bits per heavy atom. The van der Waals surface area contributed by atoms with Gasteiger partial charge in [0.1, 0.15) is 17.0 Å². The second kappa shape index (κ2) is 4.23. The average molecular weight is 242 g/mol. The van der Waals surface area contributed by atoms with Crippen molar-refractivity contribution in [2.45, 2.75) is 19.4 Å². The van der Waals surface area contributed by atoms with E-state index in [1.807, 2.05) is 6.92 Å². The summed E-state index contributed by atoms with van der Waals surface area (Å²) in [6.07, 6.45) is 1.15. The molecule has 7 heteroatoms. The summed E-state index contributed by atoms with van der Waals surface area (Å²) in [6, 6.07) is 0. The maximum atomic E-state index is 9.90. The van der Waals surface area contributed by atoms with E-state index in [1.54, 1.807) is 11.7 Å². The second-order valence-corrected chi connectivity index (χ2v) is 3.95. The molecule has 16 heavy (non-hydrogen) atoms. The number of hydrogen-bond donors (Lipinski definition) is 2. The largest absolute Gasteiger partial charge is 0.386 e. The number of aromatic amines is 1. The van der Waals surface area contributed by atoms with Crippen molar-refractivity contribution in [3.63, 3.8) is 0 Å². The second-order valence-electron chi connectivity index (χ2n) is 3.59. The first-order chi connectivity index (χ1) is 7.59. The smallest absolute Gasteiger partial charge is 0.130 e. The summed E-state index contributed by atoms with van der Waals surface area (Å²) in [6.45, 7) is 1.86. The standard InChI is InChI=1S/C9H12ClN5O/c1-5-6(9(10)15(2)13-5)3-8(16)7-4-11-14-12-7/h4,8,16H,3H2,1-2H3,(H,11,12,14). The van der Waals surface area contributed by atoms with Gasteiger partial charge in [-0.25, -0.2) is 0 Å². The number of hydrogen-bond acceptors (Lipinski definition) is 4. The van der Waals surface area contributed by atoms with Gasteiger partial charge >= 0.3 is 0 Å². The Balaban J connectivity index is 2.21. The first-order valence-corrected chi connectivity index (χ1v) is 5.19. The third-order valence-electron chi connectivity index (χ3n) is 2.44. The summed E-state index contributed by atoms with van der Waals surface area (Å²) >= 11 is 6.07. The van der Waals surface area contributed by atoms with Gasteiger partial charge < -0.3 is 5.11 Å². The molecule has 0 aromatic carbocycles. The summed E-state index contributed by atoms with van der Waals surface area (Å²) in [5, 5.41) is 24.5. The Kier molecular flexibility index (Phi) is 2.93. The number of aryl methyl sites for hydroxylation is 2. The molecule has 0 amide bonds. The first kappa shape index (κ1) is 11.1. The molecule has 86 valence electrons. The van der Waals surface area contributed by atoms with Gasteiger partial charge in [-0.05, 0) is 6.92 Å². The fourth-order valence-corrected chi connectivity index (χ4v) is 1.83. The van der Waals surface area contributed by atoms with Crippen molar-refractivity contribution >= 4 is 11.6 Å². The molecular weight excluding hydrogens is 230 g/mol. The SMILES string of the molecule is Cc1nn(C)c(Cl)c1CC(O)c1cn[nH]n1. The van der Waals surface area contributed by atoms with E-state index in [-0.39, 0.29) is 0 Å². The number of nitrogens with one attached hydrogen (secondary N) is 1. The number of rotatable bonds is 3. The molecule has 0 fully saturated rings. The molecule has 0 radical (unpaired) electrons. The maximum Gasteiger partial charge on any atom is 0.130 e. The van der Waals surface area contributed by atoms with E-state index in [4.69, 9.17) is 11.6 Å². The number of halogens is 1. The molecule has 0 saturated heterocycles. The Morgan fingerprint density at radius 2 is 2.38 bits per heavy atom. The van der Waals surface area contributed by atoms with Crippen LogP contribution in [0.2, 0.25) is 5.15 Å². The Bertz CT molecular complexity index is 478. The van der Waals surface area contributed by atoms with Crippen molar-refractivity contribution in [2.75, 3.05) is 0 Å². The van der Waals surface area contributed by atoms with E-state index >= 15 is 0 Å². The van der Waals surface area contributed by atoms with Gasteiger partial charge in [-0.1, -0.05) is 11.6 Å². The van der Waals surface area contributed by atoms with Crippen LogP contribution in [0, 0.1) is 6.92 Å². The maximum absolute atomic E-state index is 9.90. The fourth-order valence-electron chi connectivity index (χ4n) is 1.57. The van der Waals surface area contributed by atoms with E-state index in [0.29, 0.717) is 17.3 Å². The lowest BCUT2D eigenvalue weighted by Gasteiger charge is -2.06. The van der Waals surface area contributed by atoms with Crippen LogP contribution in [-0.2, 0) is 13.5 Å². The van der Waals surface area contributed by atoms with Crippen LogP contribution in [0.3, 0.4) is 0 Å². The predicted molar refractivity (Wildman–Crippen MR) is 58.0 cm³/mol. The van der Waals surface area contributed by atoms with E-state index in [9.17, 15) is 5.11 Å². The van der Waals surface area contributed by atoms with E-state index in [2.05, 4.69) is 20.5 Å². The lowest BCUT2D eigenvalue weighted by Crippen LogP contribution is -2.03. The van der Waals surface area contributed by atoms with Gasteiger partial charge in [0.25, 0.3) is 0 Å². The van der Waals surface area contributed by atoms with Crippen molar-refractivity contribution < 1.29 is 5.11 Å². The van der Waals surface area contributed by atoms with Crippen LogP contribution in [0.15, 0.2) is 6.20 Å². The quantitative estimate of drug-likeness (QED) is 0.832. The molecule has 2 aromatic rings. The number of aliphatic hydroxyl groups excluding tert-OH is 1. The summed E-state index contributed by atoms with van der Waals surface area (Å²) in [5.74, 6) is 0. The molecule has 2 rings (SSSR count). The highest BCUT2D eigenvalue weighted by Crippen LogP contribution is 2.24. The van der Waals surface area contributed by atoms with Crippen molar-refractivity contribution in [3.05, 3.63) is 28.3 Å². The van der Waals surface area contributed by atoms with Gasteiger partial charge in [-0.2, -0.15) is 20.5 Å². The van der Waals surface area contributed by atoms with E-state index in [1.165, 1.54) is 6.20 Å². The lowest BCUT2D eigenvalue weighted by atomic mass is 10.1. The van der Waals surface area contributed by atoms with Crippen molar-refractivity contribution in [1.29, 1.82) is 0 Å². The minimum atomic E-state index is -0.723.